The van der Waals surface area contributed by atoms with E-state index in [1.807, 2.05) is 0 Å². The second-order valence-electron chi connectivity index (χ2n) is 4.43. The van der Waals surface area contributed by atoms with E-state index >= 15 is 0 Å². The van der Waals surface area contributed by atoms with Gasteiger partial charge in [0.25, 0.3) is 5.56 Å². The second-order valence-corrected chi connectivity index (χ2v) is 4.43. The standard InChI is InChI=1S/C14H16FN3O2/c15-11-1-2-12-10(9-11)3-7-18(14(12)20)8-4-13(19)17-6-5-16/h1-3,7,9H,4-6,8,16H2,(H,17,19). The fraction of sp³-hybridized carbons (Fsp3) is 0.286. The maximum absolute atomic E-state index is 13.1. The third kappa shape index (κ3) is 3.21. The van der Waals surface area contributed by atoms with Gasteiger partial charge in [0.1, 0.15) is 5.82 Å². The Hall–Kier alpha value is -2.21. The Balaban J connectivity index is 2.15. The van der Waals surface area contributed by atoms with Gasteiger partial charge in [-0.25, -0.2) is 4.39 Å². The molecule has 5 nitrogen and oxygen atoms in total. The first-order chi connectivity index (χ1) is 9.61. The Morgan fingerprint density at radius 1 is 1.35 bits per heavy atom. The molecule has 2 rings (SSSR count). The molecule has 6 heteroatoms. The van der Waals surface area contributed by atoms with Crippen LogP contribution < -0.4 is 16.6 Å². The number of carbonyl (C=O) groups excluding carboxylic acids is 1. The van der Waals surface area contributed by atoms with Crippen molar-refractivity contribution >= 4 is 16.7 Å². The van der Waals surface area contributed by atoms with Crippen LogP contribution in [0.1, 0.15) is 6.42 Å². The minimum absolute atomic E-state index is 0.151. The Morgan fingerprint density at radius 3 is 2.90 bits per heavy atom. The predicted octanol–water partition coefficient (Wildman–Crippen LogP) is 0.606. The predicted molar refractivity (Wildman–Crippen MR) is 74.8 cm³/mol. The number of hydrogen-bond acceptors (Lipinski definition) is 3. The molecule has 0 radical (unpaired) electrons. The zero-order valence-electron chi connectivity index (χ0n) is 10.9. The number of nitrogens with two attached hydrogens (primary N) is 1. The van der Waals surface area contributed by atoms with Gasteiger partial charge in [0.05, 0.1) is 0 Å². The monoisotopic (exact) mass is 277 g/mol. The normalized spacial score (nSPS) is 10.7. The van der Waals surface area contributed by atoms with Gasteiger partial charge >= 0.3 is 0 Å². The molecule has 0 fully saturated rings. The molecule has 1 heterocycles. The molecule has 0 aliphatic rings. The number of nitrogens with one attached hydrogen (secondary N) is 1. The lowest BCUT2D eigenvalue weighted by atomic mass is 10.1. The van der Waals surface area contributed by atoms with E-state index in [9.17, 15) is 14.0 Å². The lowest BCUT2D eigenvalue weighted by Gasteiger charge is -2.07. The molecule has 0 aliphatic carbocycles. The van der Waals surface area contributed by atoms with E-state index in [4.69, 9.17) is 5.73 Å². The summed E-state index contributed by atoms with van der Waals surface area (Å²) in [6, 6.07) is 5.69. The zero-order chi connectivity index (χ0) is 14.5. The highest BCUT2D eigenvalue weighted by atomic mass is 19.1. The van der Waals surface area contributed by atoms with E-state index in [1.165, 1.54) is 22.8 Å². The van der Waals surface area contributed by atoms with Gasteiger partial charge < -0.3 is 15.6 Å². The quantitative estimate of drug-likeness (QED) is 0.840. The van der Waals surface area contributed by atoms with Crippen LogP contribution in [0.25, 0.3) is 10.8 Å². The lowest BCUT2D eigenvalue weighted by Crippen LogP contribution is -2.30. The van der Waals surface area contributed by atoms with Crippen LogP contribution in [0.5, 0.6) is 0 Å². The van der Waals surface area contributed by atoms with Crippen LogP contribution in [-0.4, -0.2) is 23.6 Å². The number of fused-ring (bicyclic) bond motifs is 1. The van der Waals surface area contributed by atoms with Gasteiger partial charge in [-0.2, -0.15) is 0 Å². The number of hydrogen-bond donors (Lipinski definition) is 2. The molecule has 1 aromatic heterocycles. The molecule has 0 atom stereocenters. The highest BCUT2D eigenvalue weighted by Gasteiger charge is 2.06. The van der Waals surface area contributed by atoms with Gasteiger partial charge in [-0.1, -0.05) is 0 Å². The smallest absolute Gasteiger partial charge is 0.258 e. The van der Waals surface area contributed by atoms with Crippen molar-refractivity contribution in [3.63, 3.8) is 0 Å². The summed E-state index contributed by atoms with van der Waals surface area (Å²) in [5, 5.41) is 3.63. The Kier molecular flexibility index (Phi) is 4.47. The summed E-state index contributed by atoms with van der Waals surface area (Å²) in [5.41, 5.74) is 5.05. The summed E-state index contributed by atoms with van der Waals surface area (Å²) in [7, 11) is 0. The van der Waals surface area contributed by atoms with Crippen LogP contribution >= 0.6 is 0 Å². The van der Waals surface area contributed by atoms with E-state index in [0.29, 0.717) is 23.9 Å². The molecule has 0 saturated carbocycles. The van der Waals surface area contributed by atoms with Crippen molar-refractivity contribution in [3.8, 4) is 0 Å². The molecule has 1 aromatic carbocycles. The van der Waals surface area contributed by atoms with Crippen LogP contribution in [0.2, 0.25) is 0 Å². The summed E-state index contributed by atoms with van der Waals surface area (Å²) in [6.45, 7) is 1.08. The van der Waals surface area contributed by atoms with Crippen LogP contribution in [0.15, 0.2) is 35.3 Å². The van der Waals surface area contributed by atoms with Crippen molar-refractivity contribution in [2.75, 3.05) is 13.1 Å². The summed E-state index contributed by atoms with van der Waals surface area (Å²) in [6.07, 6.45) is 1.77. The fourth-order valence-corrected chi connectivity index (χ4v) is 1.96. The average molecular weight is 277 g/mol. The largest absolute Gasteiger partial charge is 0.355 e. The van der Waals surface area contributed by atoms with Gasteiger partial charge in [-0.3, -0.25) is 9.59 Å². The van der Waals surface area contributed by atoms with E-state index < -0.39 is 0 Å². The number of nitrogens with zero attached hydrogens (tertiary/aromatic N) is 1. The van der Waals surface area contributed by atoms with Crippen molar-refractivity contribution in [2.24, 2.45) is 5.73 Å². The van der Waals surface area contributed by atoms with Crippen molar-refractivity contribution in [1.29, 1.82) is 0 Å². The Morgan fingerprint density at radius 2 is 2.15 bits per heavy atom. The van der Waals surface area contributed by atoms with Crippen LogP contribution in [0, 0.1) is 5.82 Å². The first-order valence-electron chi connectivity index (χ1n) is 6.37. The van der Waals surface area contributed by atoms with Gasteiger partial charge in [-0.05, 0) is 29.7 Å². The first-order valence-corrected chi connectivity index (χ1v) is 6.37. The number of pyridine rings is 1. The van der Waals surface area contributed by atoms with E-state index in [1.54, 1.807) is 12.3 Å². The summed E-state index contributed by atoms with van der Waals surface area (Å²) >= 11 is 0. The van der Waals surface area contributed by atoms with Crippen molar-refractivity contribution < 1.29 is 9.18 Å². The molecule has 0 aliphatic heterocycles. The number of amides is 1. The van der Waals surface area contributed by atoms with Gasteiger partial charge in [-0.15, -0.1) is 0 Å². The fourth-order valence-electron chi connectivity index (χ4n) is 1.96. The van der Waals surface area contributed by atoms with E-state index in [2.05, 4.69) is 5.32 Å². The number of halogens is 1. The lowest BCUT2D eigenvalue weighted by molar-refractivity contribution is -0.121. The maximum atomic E-state index is 13.1. The third-order valence-electron chi connectivity index (χ3n) is 2.99. The minimum atomic E-state index is -0.379. The highest BCUT2D eigenvalue weighted by molar-refractivity contribution is 5.81. The van der Waals surface area contributed by atoms with Crippen molar-refractivity contribution in [2.45, 2.75) is 13.0 Å². The number of rotatable bonds is 5. The van der Waals surface area contributed by atoms with Crippen LogP contribution in [0.3, 0.4) is 0 Å². The average Bonchev–Trinajstić information content (AvgIpc) is 2.44. The Labute approximate surface area is 115 Å². The molecule has 0 saturated heterocycles. The van der Waals surface area contributed by atoms with E-state index in [0.717, 1.165) is 0 Å². The highest BCUT2D eigenvalue weighted by Crippen LogP contribution is 2.11. The molecule has 20 heavy (non-hydrogen) atoms. The van der Waals surface area contributed by atoms with Gasteiger partial charge in [0.15, 0.2) is 0 Å². The molecule has 3 N–H and O–H groups in total. The van der Waals surface area contributed by atoms with Crippen molar-refractivity contribution in [3.05, 3.63) is 46.6 Å². The molecular weight excluding hydrogens is 261 g/mol. The molecule has 0 bridgehead atoms. The zero-order valence-corrected chi connectivity index (χ0v) is 10.9. The molecule has 0 spiro atoms. The number of aryl methyl sites for hydroxylation is 1. The summed E-state index contributed by atoms with van der Waals surface area (Å²) < 4.78 is 14.5. The van der Waals surface area contributed by atoms with Gasteiger partial charge in [0.2, 0.25) is 5.91 Å². The first kappa shape index (κ1) is 14.2. The molecule has 0 unspecified atom stereocenters. The number of carbonyl (C=O) groups is 1. The summed E-state index contributed by atoms with van der Waals surface area (Å²) in [5.74, 6) is -0.530. The minimum Gasteiger partial charge on any atom is -0.355 e. The molecule has 106 valence electrons. The second kappa shape index (κ2) is 6.29. The van der Waals surface area contributed by atoms with Crippen molar-refractivity contribution in [1.82, 2.24) is 9.88 Å². The molecular formula is C14H16FN3O2. The topological polar surface area (TPSA) is 77.1 Å². The maximum Gasteiger partial charge on any atom is 0.258 e. The van der Waals surface area contributed by atoms with Gasteiger partial charge in [0, 0.05) is 37.6 Å². The Bertz CT molecular complexity index is 682. The third-order valence-corrected chi connectivity index (χ3v) is 2.99. The summed E-state index contributed by atoms with van der Waals surface area (Å²) in [4.78, 5) is 23.6. The molecule has 2 aromatic rings. The van der Waals surface area contributed by atoms with Crippen LogP contribution in [0.4, 0.5) is 4.39 Å². The van der Waals surface area contributed by atoms with E-state index in [-0.39, 0.29) is 30.2 Å². The van der Waals surface area contributed by atoms with Crippen LogP contribution in [-0.2, 0) is 11.3 Å². The number of aromatic nitrogens is 1. The number of benzene rings is 1. The molecule has 1 amide bonds. The SMILES string of the molecule is NCCNC(=O)CCn1ccc2cc(F)ccc2c1=O.